The number of rotatable bonds is 5. The quantitative estimate of drug-likeness (QED) is 0.472. The van der Waals surface area contributed by atoms with Crippen molar-refractivity contribution in [2.24, 2.45) is 0 Å². The van der Waals surface area contributed by atoms with Gasteiger partial charge in [-0.05, 0) is 38.0 Å². The van der Waals surface area contributed by atoms with Gasteiger partial charge >= 0.3 is 0 Å². The van der Waals surface area contributed by atoms with Crippen molar-refractivity contribution in [3.63, 3.8) is 0 Å². The molecule has 3 aromatic rings. The van der Waals surface area contributed by atoms with E-state index in [4.69, 9.17) is 4.98 Å². The average Bonchev–Trinajstić information content (AvgIpc) is 2.62. The highest BCUT2D eigenvalue weighted by Crippen LogP contribution is 2.34. The van der Waals surface area contributed by atoms with Crippen LogP contribution in [0.2, 0.25) is 0 Å². The zero-order chi connectivity index (χ0) is 17.1. The van der Waals surface area contributed by atoms with Gasteiger partial charge in [-0.25, -0.2) is 4.98 Å². The summed E-state index contributed by atoms with van der Waals surface area (Å²) >= 11 is 1.65. The van der Waals surface area contributed by atoms with Gasteiger partial charge in [-0.3, -0.25) is 9.36 Å². The SMILES string of the molecule is CC[C@H](C)n1c(S[C@@H](C)c2ccccc2)nc2ccccc2c1=O. The van der Waals surface area contributed by atoms with Crippen molar-refractivity contribution in [2.45, 2.75) is 43.6 Å². The second kappa shape index (κ2) is 7.22. The maximum atomic E-state index is 13.0. The summed E-state index contributed by atoms with van der Waals surface area (Å²) in [6.07, 6.45) is 0.896. The molecule has 1 heterocycles. The Morgan fingerprint density at radius 1 is 1.04 bits per heavy atom. The molecule has 0 N–H and O–H groups in total. The molecule has 24 heavy (non-hydrogen) atoms. The van der Waals surface area contributed by atoms with E-state index in [1.165, 1.54) is 5.56 Å². The Bertz CT molecular complexity index is 889. The van der Waals surface area contributed by atoms with Crippen molar-refractivity contribution in [2.75, 3.05) is 0 Å². The third-order valence-corrected chi connectivity index (χ3v) is 5.48. The number of thioether (sulfide) groups is 1. The number of fused-ring (bicyclic) bond motifs is 1. The van der Waals surface area contributed by atoms with Gasteiger partial charge in [-0.2, -0.15) is 0 Å². The van der Waals surface area contributed by atoms with Crippen molar-refractivity contribution < 1.29 is 0 Å². The molecule has 3 nitrogen and oxygen atoms in total. The molecule has 2 atom stereocenters. The lowest BCUT2D eigenvalue weighted by atomic mass is 10.2. The zero-order valence-electron chi connectivity index (χ0n) is 14.3. The molecule has 1 aromatic heterocycles. The molecule has 0 saturated carbocycles. The fraction of sp³-hybridized carbons (Fsp3) is 0.300. The van der Waals surface area contributed by atoms with E-state index in [9.17, 15) is 4.79 Å². The van der Waals surface area contributed by atoms with E-state index in [0.29, 0.717) is 5.39 Å². The minimum Gasteiger partial charge on any atom is -0.284 e. The van der Waals surface area contributed by atoms with Crippen LogP contribution in [-0.2, 0) is 0 Å². The van der Waals surface area contributed by atoms with Crippen molar-refractivity contribution in [1.29, 1.82) is 0 Å². The predicted octanol–water partition coefficient (Wildman–Crippen LogP) is 5.22. The van der Waals surface area contributed by atoms with E-state index in [2.05, 4.69) is 32.9 Å². The first-order chi connectivity index (χ1) is 11.6. The van der Waals surface area contributed by atoms with Crippen LogP contribution in [-0.4, -0.2) is 9.55 Å². The topological polar surface area (TPSA) is 34.9 Å². The molecule has 0 saturated heterocycles. The molecular weight excluding hydrogens is 316 g/mol. The van der Waals surface area contributed by atoms with Crippen molar-refractivity contribution >= 4 is 22.7 Å². The van der Waals surface area contributed by atoms with Gasteiger partial charge in [-0.15, -0.1) is 0 Å². The smallest absolute Gasteiger partial charge is 0.262 e. The van der Waals surface area contributed by atoms with Gasteiger partial charge in [0.2, 0.25) is 0 Å². The predicted molar refractivity (Wildman–Crippen MR) is 102 cm³/mol. The number of aromatic nitrogens is 2. The molecule has 0 aliphatic carbocycles. The first kappa shape index (κ1) is 16.8. The van der Waals surface area contributed by atoms with Crippen molar-refractivity contribution in [1.82, 2.24) is 9.55 Å². The van der Waals surface area contributed by atoms with Gasteiger partial charge in [0.25, 0.3) is 5.56 Å². The lowest BCUT2D eigenvalue weighted by Crippen LogP contribution is -2.26. The summed E-state index contributed by atoms with van der Waals surface area (Å²) in [5.74, 6) is 0. The minimum atomic E-state index is 0.0534. The summed E-state index contributed by atoms with van der Waals surface area (Å²) in [6, 6.07) is 18.1. The molecule has 2 aromatic carbocycles. The van der Waals surface area contributed by atoms with Crippen molar-refractivity contribution in [3.8, 4) is 0 Å². The van der Waals surface area contributed by atoms with Gasteiger partial charge in [0, 0.05) is 11.3 Å². The largest absolute Gasteiger partial charge is 0.284 e. The molecule has 0 aliphatic heterocycles. The maximum Gasteiger partial charge on any atom is 0.262 e. The van der Waals surface area contributed by atoms with Crippen LogP contribution in [0, 0.1) is 0 Å². The standard InChI is InChI=1S/C20H22N2OS/c1-4-14(2)22-19(23)17-12-8-9-13-18(17)21-20(22)24-15(3)16-10-6-5-7-11-16/h5-15H,4H2,1-3H3/t14-,15-/m0/s1. The maximum absolute atomic E-state index is 13.0. The Hall–Kier alpha value is -2.07. The van der Waals surface area contributed by atoms with E-state index >= 15 is 0 Å². The summed E-state index contributed by atoms with van der Waals surface area (Å²) < 4.78 is 1.85. The molecule has 124 valence electrons. The summed E-state index contributed by atoms with van der Waals surface area (Å²) in [5, 5.41) is 1.72. The summed E-state index contributed by atoms with van der Waals surface area (Å²) in [4.78, 5) is 17.8. The lowest BCUT2D eigenvalue weighted by Gasteiger charge is -2.20. The number of nitrogens with zero attached hydrogens (tertiary/aromatic N) is 2. The number of hydrogen-bond donors (Lipinski definition) is 0. The highest BCUT2D eigenvalue weighted by molar-refractivity contribution is 7.99. The fourth-order valence-corrected chi connectivity index (χ4v) is 3.87. The highest BCUT2D eigenvalue weighted by Gasteiger charge is 2.18. The highest BCUT2D eigenvalue weighted by atomic mass is 32.2. The van der Waals surface area contributed by atoms with E-state index < -0.39 is 0 Å². The Balaban J connectivity index is 2.10. The number of benzene rings is 2. The van der Waals surface area contributed by atoms with Crippen LogP contribution < -0.4 is 5.56 Å². The van der Waals surface area contributed by atoms with Crippen LogP contribution in [0.15, 0.2) is 64.5 Å². The van der Waals surface area contributed by atoms with Crippen LogP contribution in [0.5, 0.6) is 0 Å². The molecule has 4 heteroatoms. The zero-order valence-corrected chi connectivity index (χ0v) is 15.1. The second-order valence-electron chi connectivity index (χ2n) is 6.01. The third-order valence-electron chi connectivity index (χ3n) is 4.36. The van der Waals surface area contributed by atoms with Crippen LogP contribution in [0.1, 0.15) is 44.0 Å². The molecular formula is C20H22N2OS. The Kier molecular flexibility index (Phi) is 5.05. The summed E-state index contributed by atoms with van der Waals surface area (Å²) in [6.45, 7) is 6.33. The normalized spacial score (nSPS) is 13.8. The van der Waals surface area contributed by atoms with Crippen LogP contribution in [0.3, 0.4) is 0 Å². The molecule has 0 unspecified atom stereocenters. The van der Waals surface area contributed by atoms with Gasteiger partial charge in [-0.1, -0.05) is 61.2 Å². The van der Waals surface area contributed by atoms with E-state index in [1.54, 1.807) is 11.8 Å². The first-order valence-corrected chi connectivity index (χ1v) is 9.22. The monoisotopic (exact) mass is 338 g/mol. The number of hydrogen-bond acceptors (Lipinski definition) is 3. The Labute approximate surface area is 146 Å². The Morgan fingerprint density at radius 3 is 2.42 bits per heavy atom. The van der Waals surface area contributed by atoms with E-state index in [1.807, 2.05) is 47.0 Å². The molecule has 0 radical (unpaired) electrons. The summed E-state index contributed by atoms with van der Waals surface area (Å²) in [7, 11) is 0. The number of para-hydroxylation sites is 1. The van der Waals surface area contributed by atoms with Crippen molar-refractivity contribution in [3.05, 3.63) is 70.5 Å². The van der Waals surface area contributed by atoms with E-state index in [-0.39, 0.29) is 16.9 Å². The minimum absolute atomic E-state index is 0.0534. The van der Waals surface area contributed by atoms with Crippen LogP contribution in [0.25, 0.3) is 10.9 Å². The fourth-order valence-electron chi connectivity index (χ4n) is 2.73. The molecule has 0 amide bonds. The molecule has 3 rings (SSSR count). The second-order valence-corrected chi connectivity index (χ2v) is 7.32. The molecule has 0 bridgehead atoms. The van der Waals surface area contributed by atoms with Gasteiger partial charge in [0.05, 0.1) is 10.9 Å². The van der Waals surface area contributed by atoms with Crippen LogP contribution >= 0.6 is 11.8 Å². The van der Waals surface area contributed by atoms with Gasteiger partial charge < -0.3 is 0 Å². The van der Waals surface area contributed by atoms with Crippen LogP contribution in [0.4, 0.5) is 0 Å². The van der Waals surface area contributed by atoms with Gasteiger partial charge in [0.1, 0.15) is 0 Å². The summed E-state index contributed by atoms with van der Waals surface area (Å²) in [5.41, 5.74) is 2.06. The average molecular weight is 338 g/mol. The Morgan fingerprint density at radius 2 is 1.71 bits per heavy atom. The third kappa shape index (κ3) is 3.24. The molecule has 0 fully saturated rings. The van der Waals surface area contributed by atoms with E-state index in [0.717, 1.165) is 17.1 Å². The first-order valence-electron chi connectivity index (χ1n) is 8.34. The molecule has 0 spiro atoms. The molecule has 0 aliphatic rings. The van der Waals surface area contributed by atoms with Gasteiger partial charge in [0.15, 0.2) is 5.16 Å². The lowest BCUT2D eigenvalue weighted by molar-refractivity contribution is 0.468.